The molecule has 1 fully saturated rings. The highest BCUT2D eigenvalue weighted by molar-refractivity contribution is 5.95. The molecule has 24 heavy (non-hydrogen) atoms. The Kier molecular flexibility index (Phi) is 5.00. The lowest BCUT2D eigenvalue weighted by atomic mass is 10.2. The van der Waals surface area contributed by atoms with Gasteiger partial charge in [-0.2, -0.15) is 0 Å². The van der Waals surface area contributed by atoms with E-state index in [-0.39, 0.29) is 11.9 Å². The summed E-state index contributed by atoms with van der Waals surface area (Å²) >= 11 is 0. The van der Waals surface area contributed by atoms with Crippen molar-refractivity contribution in [1.82, 2.24) is 25.1 Å². The molecular formula is C17H22N6O. The van der Waals surface area contributed by atoms with Crippen LogP contribution in [0.25, 0.3) is 5.69 Å². The Morgan fingerprint density at radius 2 is 2.29 bits per heavy atom. The Bertz CT molecular complexity index is 720. The molecule has 7 heteroatoms. The van der Waals surface area contributed by atoms with Gasteiger partial charge in [0.05, 0.1) is 11.7 Å². The average Bonchev–Trinajstić information content (AvgIpc) is 3.24. The van der Waals surface area contributed by atoms with Gasteiger partial charge in [0.15, 0.2) is 0 Å². The molecular weight excluding hydrogens is 304 g/mol. The van der Waals surface area contributed by atoms with Crippen LogP contribution in [0.3, 0.4) is 0 Å². The molecule has 0 aliphatic carbocycles. The smallest absolute Gasteiger partial charge is 0.241 e. The summed E-state index contributed by atoms with van der Waals surface area (Å²) in [6.07, 6.45) is 5.65. The molecule has 1 aliphatic rings. The number of nitrogens with one attached hydrogen (secondary N) is 1. The third-order valence-corrected chi connectivity index (χ3v) is 4.13. The highest BCUT2D eigenvalue weighted by Gasteiger charge is 2.29. The molecule has 0 spiro atoms. The zero-order valence-electron chi connectivity index (χ0n) is 14.0. The fourth-order valence-corrected chi connectivity index (χ4v) is 2.87. The van der Waals surface area contributed by atoms with Gasteiger partial charge >= 0.3 is 0 Å². The molecule has 0 radical (unpaired) electrons. The van der Waals surface area contributed by atoms with Crippen LogP contribution in [0, 0.1) is 0 Å². The quantitative estimate of drug-likeness (QED) is 0.851. The average molecular weight is 326 g/mol. The van der Waals surface area contributed by atoms with Crippen molar-refractivity contribution in [2.75, 3.05) is 18.4 Å². The van der Waals surface area contributed by atoms with E-state index < -0.39 is 0 Å². The third kappa shape index (κ3) is 3.86. The summed E-state index contributed by atoms with van der Waals surface area (Å²) in [5, 5.41) is 14.1. The van der Waals surface area contributed by atoms with Gasteiger partial charge < -0.3 is 5.32 Å². The van der Waals surface area contributed by atoms with Crippen LogP contribution < -0.4 is 5.32 Å². The number of nitrogens with zero attached hydrogens (tertiary/aromatic N) is 5. The van der Waals surface area contributed by atoms with Crippen molar-refractivity contribution in [3.8, 4) is 5.69 Å². The lowest BCUT2D eigenvalue weighted by Crippen LogP contribution is -2.39. The maximum absolute atomic E-state index is 12.6. The van der Waals surface area contributed by atoms with Crippen LogP contribution >= 0.6 is 0 Å². The number of hydrogen-bond donors (Lipinski definition) is 1. The van der Waals surface area contributed by atoms with Crippen LogP contribution in [-0.4, -0.2) is 50.1 Å². The van der Waals surface area contributed by atoms with Gasteiger partial charge in [0.2, 0.25) is 5.91 Å². The van der Waals surface area contributed by atoms with Crippen molar-refractivity contribution in [1.29, 1.82) is 0 Å². The maximum Gasteiger partial charge on any atom is 0.241 e. The molecule has 2 heterocycles. The van der Waals surface area contributed by atoms with Gasteiger partial charge in [0.1, 0.15) is 6.33 Å². The number of aromatic nitrogens is 4. The fraction of sp³-hybridized carbons (Fsp3) is 0.412. The van der Waals surface area contributed by atoms with Crippen LogP contribution in [0.15, 0.2) is 42.2 Å². The Morgan fingerprint density at radius 1 is 1.42 bits per heavy atom. The fourth-order valence-electron chi connectivity index (χ4n) is 2.87. The number of benzene rings is 1. The van der Waals surface area contributed by atoms with E-state index in [9.17, 15) is 4.79 Å². The number of likely N-dealkylation sites (tertiary alicyclic amines) is 1. The highest BCUT2D eigenvalue weighted by atomic mass is 16.2. The number of tetrazole rings is 1. The molecule has 126 valence electrons. The van der Waals surface area contributed by atoms with Crippen molar-refractivity contribution < 1.29 is 4.79 Å². The summed E-state index contributed by atoms with van der Waals surface area (Å²) in [4.78, 5) is 14.9. The van der Waals surface area contributed by atoms with E-state index >= 15 is 0 Å². The molecule has 1 aromatic heterocycles. The van der Waals surface area contributed by atoms with Crippen molar-refractivity contribution in [2.24, 2.45) is 0 Å². The minimum absolute atomic E-state index is 0.0449. The van der Waals surface area contributed by atoms with Crippen LogP contribution in [0.5, 0.6) is 0 Å². The minimum atomic E-state index is -0.0720. The first-order valence-corrected chi connectivity index (χ1v) is 8.15. The van der Waals surface area contributed by atoms with Gasteiger partial charge in [-0.25, -0.2) is 4.68 Å². The molecule has 7 nitrogen and oxygen atoms in total. The predicted molar refractivity (Wildman–Crippen MR) is 91.8 cm³/mol. The number of allylic oxidation sites excluding steroid dienone is 1. The van der Waals surface area contributed by atoms with Crippen molar-refractivity contribution in [3.05, 3.63) is 42.2 Å². The molecule has 1 aliphatic heterocycles. The zero-order chi connectivity index (χ0) is 16.9. The Labute approximate surface area is 141 Å². The van der Waals surface area contributed by atoms with E-state index in [0.29, 0.717) is 0 Å². The second kappa shape index (κ2) is 7.35. The van der Waals surface area contributed by atoms with Crippen LogP contribution in [0.1, 0.15) is 26.7 Å². The largest absolute Gasteiger partial charge is 0.325 e. The normalized spacial score (nSPS) is 17.7. The second-order valence-corrected chi connectivity index (χ2v) is 6.23. The monoisotopic (exact) mass is 326 g/mol. The van der Waals surface area contributed by atoms with Crippen LogP contribution in [-0.2, 0) is 4.79 Å². The first-order chi connectivity index (χ1) is 11.6. The van der Waals surface area contributed by atoms with Gasteiger partial charge in [-0.15, -0.1) is 5.10 Å². The number of carbonyl (C=O) groups is 1. The lowest BCUT2D eigenvalue weighted by Gasteiger charge is -2.22. The van der Waals surface area contributed by atoms with E-state index in [0.717, 1.165) is 37.3 Å². The van der Waals surface area contributed by atoms with Gasteiger partial charge in [-0.1, -0.05) is 17.7 Å². The number of rotatable bonds is 5. The summed E-state index contributed by atoms with van der Waals surface area (Å²) < 4.78 is 1.56. The summed E-state index contributed by atoms with van der Waals surface area (Å²) in [6, 6.07) is 7.44. The molecule has 0 unspecified atom stereocenters. The molecule has 1 aromatic carbocycles. The predicted octanol–water partition coefficient (Wildman–Crippen LogP) is 2.03. The first kappa shape index (κ1) is 16.3. The van der Waals surface area contributed by atoms with Gasteiger partial charge in [0, 0.05) is 12.2 Å². The number of anilines is 1. The van der Waals surface area contributed by atoms with E-state index in [1.807, 2.05) is 24.3 Å². The summed E-state index contributed by atoms with van der Waals surface area (Å²) in [6.45, 7) is 5.95. The number of hydrogen-bond acceptors (Lipinski definition) is 5. The summed E-state index contributed by atoms with van der Waals surface area (Å²) in [7, 11) is 0. The van der Waals surface area contributed by atoms with E-state index in [1.54, 1.807) is 4.68 Å². The van der Waals surface area contributed by atoms with Gasteiger partial charge in [0.25, 0.3) is 0 Å². The first-order valence-electron chi connectivity index (χ1n) is 8.15. The summed E-state index contributed by atoms with van der Waals surface area (Å²) in [5.41, 5.74) is 2.84. The molecule has 1 N–H and O–H groups in total. The third-order valence-electron chi connectivity index (χ3n) is 4.13. The molecule has 0 saturated carbocycles. The molecule has 1 atom stereocenters. The highest BCUT2D eigenvalue weighted by Crippen LogP contribution is 2.20. The van der Waals surface area contributed by atoms with E-state index in [1.165, 1.54) is 11.9 Å². The molecule has 1 saturated heterocycles. The lowest BCUT2D eigenvalue weighted by molar-refractivity contribution is -0.120. The Morgan fingerprint density at radius 3 is 3.04 bits per heavy atom. The van der Waals surface area contributed by atoms with E-state index in [2.05, 4.69) is 45.7 Å². The SMILES string of the molecule is CC(C)=CCN1CCC[C@@H]1C(=O)Nc1cccc(-n2cnnn2)c1. The number of amides is 1. The Hall–Kier alpha value is -2.54. The molecule has 3 rings (SSSR count). The molecule has 1 amide bonds. The van der Waals surface area contributed by atoms with Crippen molar-refractivity contribution in [3.63, 3.8) is 0 Å². The standard InChI is InChI=1S/C17H22N6O/c1-13(2)8-10-22-9-4-7-16(22)17(24)19-14-5-3-6-15(11-14)23-12-18-20-21-23/h3,5-6,8,11-12,16H,4,7,9-10H2,1-2H3,(H,19,24)/t16-/m1/s1. The maximum atomic E-state index is 12.6. The number of carbonyl (C=O) groups excluding carboxylic acids is 1. The molecule has 2 aromatic rings. The van der Waals surface area contributed by atoms with E-state index in [4.69, 9.17) is 0 Å². The van der Waals surface area contributed by atoms with Crippen LogP contribution in [0.2, 0.25) is 0 Å². The second-order valence-electron chi connectivity index (χ2n) is 6.23. The zero-order valence-corrected chi connectivity index (χ0v) is 14.0. The van der Waals surface area contributed by atoms with Crippen molar-refractivity contribution >= 4 is 11.6 Å². The Balaban J connectivity index is 1.68. The van der Waals surface area contributed by atoms with Gasteiger partial charge in [-0.05, 0) is 61.9 Å². The minimum Gasteiger partial charge on any atom is -0.325 e. The molecule has 0 bridgehead atoms. The van der Waals surface area contributed by atoms with Crippen LogP contribution in [0.4, 0.5) is 5.69 Å². The van der Waals surface area contributed by atoms with Gasteiger partial charge in [-0.3, -0.25) is 9.69 Å². The van der Waals surface area contributed by atoms with Crippen molar-refractivity contribution in [2.45, 2.75) is 32.7 Å². The topological polar surface area (TPSA) is 75.9 Å². The summed E-state index contributed by atoms with van der Waals surface area (Å²) in [5.74, 6) is 0.0449.